The lowest BCUT2D eigenvalue weighted by Gasteiger charge is -2.43. The molecular weight excluding hydrogens is 537 g/mol. The first-order chi connectivity index (χ1) is 17.7. The van der Waals surface area contributed by atoms with E-state index < -0.39 is 70.3 Å². The normalized spacial score (nSPS) is 24.5. The molecule has 2 atom stereocenters. The van der Waals surface area contributed by atoms with Crippen LogP contribution in [0.2, 0.25) is 0 Å². The summed E-state index contributed by atoms with van der Waals surface area (Å²) < 4.78 is 93.9. The van der Waals surface area contributed by atoms with E-state index in [2.05, 4.69) is 5.32 Å². The van der Waals surface area contributed by atoms with Crippen LogP contribution in [0.3, 0.4) is 0 Å². The largest absolute Gasteiger partial charge is 0.416 e. The van der Waals surface area contributed by atoms with Crippen molar-refractivity contribution in [2.24, 2.45) is 5.92 Å². The lowest BCUT2D eigenvalue weighted by molar-refractivity contribution is -0.142. The number of nitriles is 1. The average molecular weight is 564 g/mol. The Kier molecular flexibility index (Phi) is 7.70. The number of rotatable bonds is 6. The van der Waals surface area contributed by atoms with E-state index in [9.17, 15) is 40.0 Å². The van der Waals surface area contributed by atoms with Gasteiger partial charge < -0.3 is 10.2 Å². The number of halogens is 5. The van der Waals surface area contributed by atoms with Crippen molar-refractivity contribution in [1.29, 1.82) is 5.26 Å². The molecule has 15 heteroatoms. The van der Waals surface area contributed by atoms with Crippen molar-refractivity contribution >= 4 is 22.0 Å². The van der Waals surface area contributed by atoms with E-state index >= 15 is 0 Å². The number of nitrogens with zero attached hydrogens (tertiary/aromatic N) is 4. The molecule has 0 bridgehead atoms. The van der Waals surface area contributed by atoms with Crippen LogP contribution in [-0.4, -0.2) is 78.2 Å². The minimum absolute atomic E-state index is 0.136. The number of carbonyl (C=O) groups excluding carboxylic acids is 2. The van der Waals surface area contributed by atoms with E-state index in [1.165, 1.54) is 11.0 Å². The highest BCUT2D eigenvalue weighted by atomic mass is 32.2. The molecule has 3 aliphatic rings. The van der Waals surface area contributed by atoms with Gasteiger partial charge in [-0.1, -0.05) is 6.07 Å². The fourth-order valence-corrected chi connectivity index (χ4v) is 6.76. The number of amides is 2. The maximum Gasteiger partial charge on any atom is 0.416 e. The Balaban J connectivity index is 1.36. The summed E-state index contributed by atoms with van der Waals surface area (Å²) in [6.07, 6.45) is -3.11. The molecule has 0 aliphatic carbocycles. The minimum Gasteiger partial charge on any atom is -0.350 e. The summed E-state index contributed by atoms with van der Waals surface area (Å²) in [6.45, 7) is -1.27. The first-order valence-corrected chi connectivity index (χ1v) is 13.4. The number of hydrogen-bond donors (Lipinski definition) is 1. The Labute approximate surface area is 216 Å². The Hall–Kier alpha value is -2.83. The van der Waals surface area contributed by atoms with Crippen molar-refractivity contribution in [3.05, 3.63) is 35.1 Å². The summed E-state index contributed by atoms with van der Waals surface area (Å²) in [5.74, 6) is -2.85. The van der Waals surface area contributed by atoms with E-state index in [1.807, 2.05) is 0 Å². The van der Waals surface area contributed by atoms with Crippen LogP contribution < -0.4 is 5.32 Å². The number of alkyl halides is 4. The first-order valence-electron chi connectivity index (χ1n) is 12.0. The van der Waals surface area contributed by atoms with Gasteiger partial charge in [0.1, 0.15) is 17.9 Å². The molecule has 1 aromatic carbocycles. The zero-order valence-corrected chi connectivity index (χ0v) is 21.0. The van der Waals surface area contributed by atoms with Crippen LogP contribution in [-0.2, 0) is 32.5 Å². The number of piperidine rings is 1. The SMILES string of the molecule is N#CC1(F)CN(S(=O)(=O)N2CCC[C@H](C(=O)N3CCC[C@@H]3C(=O)NCc3ccc(C(F)(F)F)cc3F)C2)C1. The lowest BCUT2D eigenvalue weighted by Crippen LogP contribution is -2.64. The molecule has 1 aromatic rings. The van der Waals surface area contributed by atoms with Crippen molar-refractivity contribution in [3.8, 4) is 6.07 Å². The van der Waals surface area contributed by atoms with Gasteiger partial charge in [-0.2, -0.15) is 35.5 Å². The van der Waals surface area contributed by atoms with Gasteiger partial charge in [0.05, 0.1) is 24.6 Å². The summed E-state index contributed by atoms with van der Waals surface area (Å²) in [5.41, 5.74) is -3.52. The molecule has 0 radical (unpaired) electrons. The molecular formula is C23H26F5N5O4S. The van der Waals surface area contributed by atoms with Crippen molar-refractivity contribution < 1.29 is 40.0 Å². The highest BCUT2D eigenvalue weighted by Gasteiger charge is 2.52. The molecule has 2 amide bonds. The molecule has 3 heterocycles. The zero-order valence-electron chi connectivity index (χ0n) is 20.2. The van der Waals surface area contributed by atoms with E-state index in [1.54, 1.807) is 0 Å². The average Bonchev–Trinajstić information content (AvgIpc) is 3.35. The smallest absolute Gasteiger partial charge is 0.350 e. The summed E-state index contributed by atoms with van der Waals surface area (Å²) in [4.78, 5) is 27.5. The number of likely N-dealkylation sites (tertiary alicyclic amines) is 1. The zero-order chi connectivity index (χ0) is 27.9. The van der Waals surface area contributed by atoms with E-state index in [4.69, 9.17) is 5.26 Å². The predicted molar refractivity (Wildman–Crippen MR) is 122 cm³/mol. The molecule has 38 heavy (non-hydrogen) atoms. The van der Waals surface area contributed by atoms with Crippen molar-refractivity contribution in [3.63, 3.8) is 0 Å². The minimum atomic E-state index is -4.70. The Morgan fingerprint density at radius 2 is 1.82 bits per heavy atom. The van der Waals surface area contributed by atoms with Gasteiger partial charge >= 0.3 is 6.18 Å². The van der Waals surface area contributed by atoms with Crippen molar-refractivity contribution in [2.75, 3.05) is 32.7 Å². The third kappa shape index (κ3) is 5.62. The van der Waals surface area contributed by atoms with Crippen LogP contribution in [0.15, 0.2) is 18.2 Å². The monoisotopic (exact) mass is 563 g/mol. The van der Waals surface area contributed by atoms with Crippen molar-refractivity contribution in [2.45, 2.75) is 50.1 Å². The molecule has 4 rings (SSSR count). The second-order valence-electron chi connectivity index (χ2n) is 9.76. The van der Waals surface area contributed by atoms with Gasteiger partial charge in [-0.15, -0.1) is 0 Å². The van der Waals surface area contributed by atoms with E-state index in [0.717, 1.165) is 14.7 Å². The van der Waals surface area contributed by atoms with Gasteiger partial charge in [0.2, 0.25) is 17.5 Å². The molecule has 0 spiro atoms. The summed E-state index contributed by atoms with van der Waals surface area (Å²) >= 11 is 0. The van der Waals surface area contributed by atoms with E-state index in [-0.39, 0.29) is 31.7 Å². The second-order valence-corrected chi connectivity index (χ2v) is 11.7. The van der Waals surface area contributed by atoms with E-state index in [0.29, 0.717) is 37.8 Å². The Bertz CT molecular complexity index is 1250. The maximum atomic E-state index is 14.1. The van der Waals surface area contributed by atoms with Gasteiger partial charge in [-0.05, 0) is 37.8 Å². The standard InChI is InChI=1S/C23H26F5N5O4S/c24-18-9-17(23(26,27)28)6-5-15(18)10-30-20(34)19-4-2-8-33(19)21(35)16-3-1-7-31(11-16)38(36,37)32-13-22(25,12-29)14-32/h5-6,9,16,19H,1-4,7-8,10-11,13-14H2,(H,30,34)/t16-,19+/m0/s1. The van der Waals surface area contributed by atoms with Crippen molar-refractivity contribution in [1.82, 2.24) is 18.8 Å². The van der Waals surface area contributed by atoms with Crippen LogP contribution in [0.25, 0.3) is 0 Å². The second kappa shape index (κ2) is 10.4. The van der Waals surface area contributed by atoms with Crippen LogP contribution in [0.5, 0.6) is 0 Å². The fraction of sp³-hybridized carbons (Fsp3) is 0.609. The molecule has 208 valence electrons. The Morgan fingerprint density at radius 1 is 1.13 bits per heavy atom. The van der Waals surface area contributed by atoms with Crippen LogP contribution >= 0.6 is 0 Å². The van der Waals surface area contributed by atoms with Crippen LogP contribution in [0, 0.1) is 23.1 Å². The predicted octanol–water partition coefficient (Wildman–Crippen LogP) is 1.96. The molecule has 1 N–H and O–H groups in total. The third-order valence-corrected chi connectivity index (χ3v) is 9.01. The molecule has 3 fully saturated rings. The highest BCUT2D eigenvalue weighted by Crippen LogP contribution is 2.32. The molecule has 0 unspecified atom stereocenters. The van der Waals surface area contributed by atoms with Gasteiger partial charge in [0.15, 0.2) is 0 Å². The maximum absolute atomic E-state index is 14.1. The lowest BCUT2D eigenvalue weighted by atomic mass is 9.97. The quantitative estimate of drug-likeness (QED) is 0.532. The number of hydrogen-bond acceptors (Lipinski definition) is 5. The van der Waals surface area contributed by atoms with Gasteiger partial charge in [0, 0.05) is 31.7 Å². The van der Waals surface area contributed by atoms with Gasteiger partial charge in [-0.25, -0.2) is 8.78 Å². The summed E-state index contributed by atoms with van der Waals surface area (Å²) in [7, 11) is -4.06. The number of benzene rings is 1. The molecule has 3 aliphatic heterocycles. The molecule has 3 saturated heterocycles. The fourth-order valence-electron chi connectivity index (χ4n) is 4.97. The van der Waals surface area contributed by atoms with Crippen LogP contribution in [0.4, 0.5) is 22.0 Å². The van der Waals surface area contributed by atoms with Gasteiger partial charge in [0.25, 0.3) is 10.2 Å². The molecule has 0 aromatic heterocycles. The number of nitrogens with one attached hydrogen (secondary N) is 1. The third-order valence-electron chi connectivity index (χ3n) is 7.11. The van der Waals surface area contributed by atoms with Gasteiger partial charge in [-0.3, -0.25) is 9.59 Å². The molecule has 0 saturated carbocycles. The van der Waals surface area contributed by atoms with Crippen LogP contribution in [0.1, 0.15) is 36.8 Å². The number of carbonyl (C=O) groups is 2. The highest BCUT2D eigenvalue weighted by molar-refractivity contribution is 7.86. The first kappa shape index (κ1) is 28.2. The summed E-state index contributed by atoms with van der Waals surface area (Å²) in [6, 6.07) is 2.56. The molecule has 9 nitrogen and oxygen atoms in total. The Morgan fingerprint density at radius 3 is 2.45 bits per heavy atom. The summed E-state index contributed by atoms with van der Waals surface area (Å²) in [5, 5.41) is 11.3. The topological polar surface area (TPSA) is 114 Å².